The van der Waals surface area contributed by atoms with Gasteiger partial charge in [0.2, 0.25) is 5.91 Å². The van der Waals surface area contributed by atoms with Gasteiger partial charge in [-0.1, -0.05) is 24.3 Å². The molecule has 0 spiro atoms. The Labute approximate surface area is 116 Å². The van der Waals surface area contributed by atoms with Crippen LogP contribution in [0.3, 0.4) is 0 Å². The molecule has 0 radical (unpaired) electrons. The molecule has 2 N–H and O–H groups in total. The molecule has 0 bridgehead atoms. The van der Waals surface area contributed by atoms with Crippen LogP contribution in [0.1, 0.15) is 22.8 Å². The van der Waals surface area contributed by atoms with Crippen molar-refractivity contribution in [3.8, 4) is 0 Å². The molecular weight excluding hydrogens is 256 g/mol. The minimum Gasteiger partial charge on any atom is -0.385 e. The number of amides is 1. The van der Waals surface area contributed by atoms with Gasteiger partial charge in [0.1, 0.15) is 0 Å². The molecule has 0 aliphatic carbocycles. The highest BCUT2D eigenvalue weighted by atomic mass is 32.1. The molecule has 1 atom stereocenters. The minimum atomic E-state index is -0.0302. The van der Waals surface area contributed by atoms with Crippen LogP contribution in [0.4, 0.5) is 5.69 Å². The summed E-state index contributed by atoms with van der Waals surface area (Å²) in [6, 6.07) is 12.1. The van der Waals surface area contributed by atoms with Crippen LogP contribution in [0, 0.1) is 0 Å². The quantitative estimate of drug-likeness (QED) is 0.902. The van der Waals surface area contributed by atoms with E-state index < -0.39 is 0 Å². The highest BCUT2D eigenvalue weighted by Gasteiger charge is 2.25. The van der Waals surface area contributed by atoms with Crippen LogP contribution in [0.5, 0.6) is 0 Å². The number of thiophene rings is 1. The number of benzene rings is 1. The molecule has 1 unspecified atom stereocenters. The summed E-state index contributed by atoms with van der Waals surface area (Å²) in [7, 11) is 0. The summed E-state index contributed by atoms with van der Waals surface area (Å²) in [5, 5.41) is 8.41. The van der Waals surface area contributed by atoms with Crippen molar-refractivity contribution >= 4 is 22.9 Å². The number of fused-ring (bicyclic) bond motifs is 1. The van der Waals surface area contributed by atoms with Gasteiger partial charge in [-0.3, -0.25) is 4.79 Å². The van der Waals surface area contributed by atoms with Gasteiger partial charge >= 0.3 is 0 Å². The number of hydrogen-bond acceptors (Lipinski definition) is 3. The molecule has 3 rings (SSSR count). The fourth-order valence-electron chi connectivity index (χ4n) is 2.45. The van der Waals surface area contributed by atoms with E-state index >= 15 is 0 Å². The van der Waals surface area contributed by atoms with Gasteiger partial charge < -0.3 is 10.6 Å². The topological polar surface area (TPSA) is 41.1 Å². The maximum Gasteiger partial charge on any atom is 0.227 e. The van der Waals surface area contributed by atoms with Crippen molar-refractivity contribution in [3.05, 3.63) is 52.2 Å². The smallest absolute Gasteiger partial charge is 0.227 e. The number of carbonyl (C=O) groups is 1. The zero-order valence-corrected chi connectivity index (χ0v) is 11.4. The van der Waals surface area contributed by atoms with Crippen LogP contribution in [0.15, 0.2) is 41.8 Å². The normalized spacial score (nSPS) is 17.4. The Bertz CT molecular complexity index is 565. The number of carbonyl (C=O) groups excluding carboxylic acids is 1. The van der Waals surface area contributed by atoms with Crippen molar-refractivity contribution in [2.24, 2.45) is 0 Å². The Morgan fingerprint density at radius 1 is 1.32 bits per heavy atom. The number of anilines is 1. The second-order valence-corrected chi connectivity index (χ2v) is 5.68. The standard InChI is InChI=1S/C15H16N2OS/c18-15(17-10-11-4-3-9-19-11)13-7-8-16-14-6-2-1-5-12(13)14/h1-6,9,13,16H,7-8,10H2,(H,17,18). The molecule has 0 fully saturated rings. The SMILES string of the molecule is O=C(NCc1cccs1)C1CCNc2ccccc21. The van der Waals surface area contributed by atoms with E-state index in [1.54, 1.807) is 11.3 Å². The lowest BCUT2D eigenvalue weighted by molar-refractivity contribution is -0.122. The monoisotopic (exact) mass is 272 g/mol. The van der Waals surface area contributed by atoms with Gasteiger partial charge in [-0.25, -0.2) is 0 Å². The predicted molar refractivity (Wildman–Crippen MR) is 78.5 cm³/mol. The first-order valence-electron chi connectivity index (χ1n) is 6.47. The average molecular weight is 272 g/mol. The molecule has 0 saturated heterocycles. The number of hydrogen-bond donors (Lipinski definition) is 2. The summed E-state index contributed by atoms with van der Waals surface area (Å²) in [6.45, 7) is 1.48. The fraction of sp³-hybridized carbons (Fsp3) is 0.267. The van der Waals surface area contributed by atoms with Gasteiger partial charge in [0.15, 0.2) is 0 Å². The predicted octanol–water partition coefficient (Wildman–Crippen LogP) is 2.96. The first-order chi connectivity index (χ1) is 9.34. The molecule has 4 heteroatoms. The zero-order chi connectivity index (χ0) is 13.1. The Hall–Kier alpha value is -1.81. The molecular formula is C15H16N2OS. The Kier molecular flexibility index (Phi) is 3.51. The molecule has 0 saturated carbocycles. The average Bonchev–Trinajstić information content (AvgIpc) is 2.97. The molecule has 1 aliphatic rings. The van der Waals surface area contributed by atoms with Gasteiger partial charge in [0.05, 0.1) is 12.5 Å². The van der Waals surface area contributed by atoms with Gasteiger partial charge in [-0.15, -0.1) is 11.3 Å². The van der Waals surface area contributed by atoms with E-state index in [1.807, 2.05) is 41.8 Å². The molecule has 1 amide bonds. The molecule has 2 aromatic rings. The summed E-state index contributed by atoms with van der Waals surface area (Å²) in [5.74, 6) is 0.0970. The Morgan fingerprint density at radius 3 is 3.05 bits per heavy atom. The maximum absolute atomic E-state index is 12.3. The summed E-state index contributed by atoms with van der Waals surface area (Å²) in [5.41, 5.74) is 2.20. The van der Waals surface area contributed by atoms with Gasteiger partial charge in [-0.2, -0.15) is 0 Å². The summed E-state index contributed by atoms with van der Waals surface area (Å²) in [4.78, 5) is 13.5. The molecule has 3 nitrogen and oxygen atoms in total. The van der Waals surface area contributed by atoms with Crippen molar-refractivity contribution in [3.63, 3.8) is 0 Å². The lowest BCUT2D eigenvalue weighted by atomic mass is 9.90. The van der Waals surface area contributed by atoms with Crippen molar-refractivity contribution in [1.82, 2.24) is 5.32 Å². The highest BCUT2D eigenvalue weighted by Crippen LogP contribution is 2.31. The molecule has 1 aliphatic heterocycles. The van der Waals surface area contributed by atoms with E-state index in [-0.39, 0.29) is 11.8 Å². The molecule has 1 aromatic carbocycles. The number of para-hydroxylation sites is 1. The minimum absolute atomic E-state index is 0.0302. The van der Waals surface area contributed by atoms with E-state index in [0.29, 0.717) is 6.54 Å². The van der Waals surface area contributed by atoms with Crippen LogP contribution < -0.4 is 10.6 Å². The van der Waals surface area contributed by atoms with Crippen molar-refractivity contribution in [1.29, 1.82) is 0 Å². The van der Waals surface area contributed by atoms with Crippen LogP contribution in [0.2, 0.25) is 0 Å². The van der Waals surface area contributed by atoms with Gasteiger partial charge in [0, 0.05) is 17.1 Å². The van der Waals surface area contributed by atoms with E-state index in [9.17, 15) is 4.79 Å². The Balaban J connectivity index is 1.71. The molecule has 1 aromatic heterocycles. The van der Waals surface area contributed by atoms with E-state index in [0.717, 1.165) is 24.2 Å². The van der Waals surface area contributed by atoms with Crippen molar-refractivity contribution in [2.75, 3.05) is 11.9 Å². The van der Waals surface area contributed by atoms with Gasteiger partial charge in [-0.05, 0) is 29.5 Å². The second-order valence-electron chi connectivity index (χ2n) is 4.65. The first kappa shape index (κ1) is 12.2. The molecule has 2 heterocycles. The molecule has 19 heavy (non-hydrogen) atoms. The summed E-state index contributed by atoms with van der Waals surface area (Å²) < 4.78 is 0. The zero-order valence-electron chi connectivity index (χ0n) is 10.6. The lowest BCUT2D eigenvalue weighted by Gasteiger charge is -2.25. The second kappa shape index (κ2) is 5.45. The van der Waals surface area contributed by atoms with E-state index in [2.05, 4.69) is 10.6 Å². The van der Waals surface area contributed by atoms with Crippen molar-refractivity contribution in [2.45, 2.75) is 18.9 Å². The van der Waals surface area contributed by atoms with Crippen LogP contribution in [0.25, 0.3) is 0 Å². The lowest BCUT2D eigenvalue weighted by Crippen LogP contribution is -2.32. The maximum atomic E-state index is 12.3. The fourth-order valence-corrected chi connectivity index (χ4v) is 3.10. The highest BCUT2D eigenvalue weighted by molar-refractivity contribution is 7.09. The number of rotatable bonds is 3. The van der Waals surface area contributed by atoms with E-state index in [4.69, 9.17) is 0 Å². The molecule has 98 valence electrons. The van der Waals surface area contributed by atoms with Crippen LogP contribution in [-0.2, 0) is 11.3 Å². The van der Waals surface area contributed by atoms with Crippen molar-refractivity contribution < 1.29 is 4.79 Å². The largest absolute Gasteiger partial charge is 0.385 e. The Morgan fingerprint density at radius 2 is 2.21 bits per heavy atom. The third-order valence-corrected chi connectivity index (χ3v) is 4.29. The number of nitrogens with one attached hydrogen (secondary N) is 2. The van der Waals surface area contributed by atoms with Gasteiger partial charge in [0.25, 0.3) is 0 Å². The van der Waals surface area contributed by atoms with E-state index in [1.165, 1.54) is 4.88 Å². The third kappa shape index (κ3) is 2.63. The van der Waals surface area contributed by atoms with Crippen LogP contribution >= 0.6 is 11.3 Å². The third-order valence-electron chi connectivity index (χ3n) is 3.42. The summed E-state index contributed by atoms with van der Waals surface area (Å²) >= 11 is 1.67. The summed E-state index contributed by atoms with van der Waals surface area (Å²) in [6.07, 6.45) is 0.854. The first-order valence-corrected chi connectivity index (χ1v) is 7.35. The van der Waals surface area contributed by atoms with Crippen LogP contribution in [-0.4, -0.2) is 12.5 Å².